The zero-order valence-electron chi connectivity index (χ0n) is 51.6. The summed E-state index contributed by atoms with van der Waals surface area (Å²) in [6, 6.07) is 72.7. The van der Waals surface area contributed by atoms with E-state index in [4.69, 9.17) is 0 Å². The molecule has 3 N–H and O–H groups in total. The fourth-order valence-electron chi connectivity index (χ4n) is 10.3. The van der Waals surface area contributed by atoms with E-state index in [1.807, 2.05) is 184 Å². The largest absolute Gasteiger partial charge is 0.481 e. The normalized spacial score (nSPS) is 13.4. The van der Waals surface area contributed by atoms with Gasteiger partial charge in [0.05, 0.1) is 24.2 Å². The van der Waals surface area contributed by atoms with Crippen LogP contribution in [0.4, 0.5) is 0 Å². The van der Waals surface area contributed by atoms with Crippen LogP contribution in [0.5, 0.6) is 0 Å². The number of hydrogen-bond donors (Lipinski definition) is 3. The summed E-state index contributed by atoms with van der Waals surface area (Å²) in [5.74, 6) is -1.90. The number of aliphatic hydroxyl groups excluding tert-OH is 2. The van der Waals surface area contributed by atoms with Crippen LogP contribution in [0.3, 0.4) is 0 Å². The Bertz CT molecular complexity index is 3200. The number of benzene rings is 6. The molecule has 0 amide bonds. The maximum Gasteiger partial charge on any atom is 0.308 e. The lowest BCUT2D eigenvalue weighted by Gasteiger charge is -2.37. The molecule has 0 saturated heterocycles. The Morgan fingerprint density at radius 2 is 0.753 bits per heavy atom. The van der Waals surface area contributed by atoms with E-state index in [-0.39, 0.29) is 24.0 Å². The number of carbonyl (C=O) groups excluding carboxylic acids is 1. The third-order valence-corrected chi connectivity index (χ3v) is 15.7. The maximum absolute atomic E-state index is 11.9. The van der Waals surface area contributed by atoms with Crippen molar-refractivity contribution in [2.75, 3.05) is 5.33 Å². The van der Waals surface area contributed by atoms with Gasteiger partial charge in [-0.1, -0.05) is 241 Å². The molecule has 0 aliphatic carbocycles. The second-order valence-electron chi connectivity index (χ2n) is 22.1. The fourth-order valence-corrected chi connectivity index (χ4v) is 10.7. The Hall–Kier alpha value is -8.33. The van der Waals surface area contributed by atoms with E-state index in [0.717, 1.165) is 72.0 Å². The molecule has 7 atom stereocenters. The number of pyridine rings is 3. The number of aliphatic hydroxyl groups is 2. The van der Waals surface area contributed by atoms with Gasteiger partial charge in [-0.05, 0) is 101 Å². The molecular weight excluding hydrogens is 1170 g/mol. The summed E-state index contributed by atoms with van der Waals surface area (Å²) in [4.78, 5) is 42.9. The van der Waals surface area contributed by atoms with Crippen molar-refractivity contribution < 1.29 is 24.9 Å². The number of nitrogens with zero attached hydrogens (tertiary/aromatic N) is 6. The summed E-state index contributed by atoms with van der Waals surface area (Å²) >= 11 is 3.22. The molecule has 0 bridgehead atoms. The van der Waals surface area contributed by atoms with Crippen molar-refractivity contribution in [3.05, 3.63) is 330 Å². The van der Waals surface area contributed by atoms with E-state index in [1.165, 1.54) is 22.3 Å². The number of aliphatic carboxylic acids is 1. The zero-order valence-corrected chi connectivity index (χ0v) is 53.2. The Morgan fingerprint density at radius 3 is 1.00 bits per heavy atom. The number of rotatable bonds is 29. The van der Waals surface area contributed by atoms with Crippen LogP contribution in [0.1, 0.15) is 70.8 Å². The van der Waals surface area contributed by atoms with Gasteiger partial charge >= 0.3 is 5.97 Å². The summed E-state index contributed by atoms with van der Waals surface area (Å²) in [5.41, 5.74) is 10.3. The number of allylic oxidation sites excluding steroid dienone is 2. The molecule has 3 aromatic heterocycles. The summed E-state index contributed by atoms with van der Waals surface area (Å²) in [6.07, 6.45) is 18.0. The number of halogens is 1. The molecular formula is C77H87BrN6O5. The summed E-state index contributed by atoms with van der Waals surface area (Å²) < 4.78 is 0. The van der Waals surface area contributed by atoms with Crippen molar-refractivity contribution in [2.45, 2.75) is 110 Å². The number of aldehydes is 1. The molecule has 462 valence electrons. The quantitative estimate of drug-likeness (QED) is 0.0234. The fraction of sp³-hybridized carbons (Fsp3) is 0.260. The first kappa shape index (κ1) is 69.8. The van der Waals surface area contributed by atoms with Gasteiger partial charge in [0.1, 0.15) is 6.29 Å². The van der Waals surface area contributed by atoms with Crippen molar-refractivity contribution in [3.8, 4) is 0 Å². The van der Waals surface area contributed by atoms with Gasteiger partial charge < -0.3 is 20.1 Å². The van der Waals surface area contributed by atoms with Crippen LogP contribution in [-0.2, 0) is 68.1 Å². The van der Waals surface area contributed by atoms with E-state index < -0.39 is 24.1 Å². The minimum atomic E-state index is -1.03. The van der Waals surface area contributed by atoms with Crippen molar-refractivity contribution in [3.63, 3.8) is 0 Å². The predicted octanol–water partition coefficient (Wildman–Crippen LogP) is 14.5. The standard InChI is InChI=1S/C26H30N2O.C25H28N2O3.C22H22N2O.C4H7Br/c1-3-21(2)26(29)25(17-24-15-10-16-27-18-24)28(19-22-11-6-4-7-12-22)20-23-13-8-5-9-14-23;1-19(25(29)30)24(28)23(15-22-13-8-14-26-16-22)27(17-20-9-4-2-5-10-20)18-21-11-6-3-7-12-21;25-18-22(14-21-12-7-13-23-15-21)24(16-19-8-3-1-4-9-19)17-20-10-5-2-6-11-20;1-2-3-4-5/h3-16,18,21,25-26,29H,1,17,19-20H2,2H3;2-14,16,19,23-24,28H,15,17-18H2,1H3,(H,29,30);1-13,15,18,22H,14,16-17H2;2-3H,4H2,1H3/b;;;3-2+/t21-,25-,26-;19-,23+,24+;22-;/m010./s1. The average molecular weight is 1260 g/mol. The topological polar surface area (TPSA) is 143 Å². The second kappa shape index (κ2) is 40.3. The lowest BCUT2D eigenvalue weighted by molar-refractivity contribution is -0.147. The monoisotopic (exact) mass is 1250 g/mol. The van der Waals surface area contributed by atoms with Crippen LogP contribution in [0.15, 0.2) is 280 Å². The van der Waals surface area contributed by atoms with Crippen molar-refractivity contribution in [1.29, 1.82) is 0 Å². The Balaban J connectivity index is 0.000000205. The molecule has 0 aliphatic heterocycles. The van der Waals surface area contributed by atoms with Crippen molar-refractivity contribution in [1.82, 2.24) is 29.7 Å². The first-order valence-electron chi connectivity index (χ1n) is 30.4. The minimum absolute atomic E-state index is 0.00859. The van der Waals surface area contributed by atoms with Gasteiger partial charge in [0.15, 0.2) is 0 Å². The van der Waals surface area contributed by atoms with Gasteiger partial charge in [0.2, 0.25) is 0 Å². The first-order valence-corrected chi connectivity index (χ1v) is 31.6. The number of hydrogen-bond acceptors (Lipinski definition) is 10. The Kier molecular flexibility index (Phi) is 31.6. The highest BCUT2D eigenvalue weighted by atomic mass is 79.9. The van der Waals surface area contributed by atoms with Crippen LogP contribution in [0.25, 0.3) is 0 Å². The molecule has 9 rings (SSSR count). The third kappa shape index (κ3) is 25.4. The molecule has 0 radical (unpaired) electrons. The molecule has 0 spiro atoms. The zero-order chi connectivity index (χ0) is 63.3. The van der Waals surface area contributed by atoms with E-state index in [1.54, 1.807) is 31.7 Å². The number of alkyl halides is 1. The summed E-state index contributed by atoms with van der Waals surface area (Å²) in [5, 5.41) is 32.8. The van der Waals surface area contributed by atoms with Gasteiger partial charge in [0, 0.05) is 99.8 Å². The summed E-state index contributed by atoms with van der Waals surface area (Å²) in [7, 11) is 0. The smallest absolute Gasteiger partial charge is 0.308 e. The van der Waals surface area contributed by atoms with E-state index in [2.05, 4.69) is 131 Å². The molecule has 12 heteroatoms. The number of carbonyl (C=O) groups is 2. The predicted molar refractivity (Wildman–Crippen MR) is 364 cm³/mol. The molecule has 0 aliphatic rings. The van der Waals surface area contributed by atoms with E-state index >= 15 is 0 Å². The highest BCUT2D eigenvalue weighted by Gasteiger charge is 2.34. The van der Waals surface area contributed by atoms with Crippen LogP contribution < -0.4 is 0 Å². The van der Waals surface area contributed by atoms with Crippen molar-refractivity contribution in [2.24, 2.45) is 11.8 Å². The molecule has 11 nitrogen and oxygen atoms in total. The number of aromatic nitrogens is 3. The number of carboxylic acids is 1. The molecule has 6 aromatic carbocycles. The van der Waals surface area contributed by atoms with Crippen LogP contribution in [-0.4, -0.2) is 92.9 Å². The second-order valence-corrected chi connectivity index (χ2v) is 22.7. The first-order chi connectivity index (χ1) is 43.5. The molecule has 89 heavy (non-hydrogen) atoms. The van der Waals surface area contributed by atoms with Crippen LogP contribution in [0, 0.1) is 11.8 Å². The summed E-state index contributed by atoms with van der Waals surface area (Å²) in [6.45, 7) is 13.7. The van der Waals surface area contributed by atoms with Crippen LogP contribution in [0.2, 0.25) is 0 Å². The van der Waals surface area contributed by atoms with Crippen LogP contribution >= 0.6 is 15.9 Å². The molecule has 0 unspecified atom stereocenters. The Morgan fingerprint density at radius 1 is 0.461 bits per heavy atom. The highest BCUT2D eigenvalue weighted by molar-refractivity contribution is 9.09. The minimum Gasteiger partial charge on any atom is -0.481 e. The van der Waals surface area contributed by atoms with Gasteiger partial charge in [-0.2, -0.15) is 0 Å². The Labute approximate surface area is 537 Å². The number of carboxylic acid groups (broad SMARTS) is 1. The molecule has 3 heterocycles. The molecule has 0 saturated carbocycles. The molecule has 9 aromatic rings. The van der Waals surface area contributed by atoms with Gasteiger partial charge in [0.25, 0.3) is 0 Å². The van der Waals surface area contributed by atoms with Gasteiger partial charge in [-0.15, -0.1) is 6.58 Å². The average Bonchev–Trinajstić information content (AvgIpc) is 2.40. The lowest BCUT2D eigenvalue weighted by atomic mass is 9.91. The van der Waals surface area contributed by atoms with Gasteiger partial charge in [-0.25, -0.2) is 0 Å². The van der Waals surface area contributed by atoms with E-state index in [0.29, 0.717) is 25.9 Å². The molecule has 0 fully saturated rings. The highest BCUT2D eigenvalue weighted by Crippen LogP contribution is 2.26. The van der Waals surface area contributed by atoms with Gasteiger partial charge in [-0.3, -0.25) is 34.4 Å². The van der Waals surface area contributed by atoms with E-state index in [9.17, 15) is 24.9 Å². The van der Waals surface area contributed by atoms with Crippen molar-refractivity contribution >= 4 is 28.2 Å². The maximum atomic E-state index is 11.9. The lowest BCUT2D eigenvalue weighted by Crippen LogP contribution is -2.48. The third-order valence-electron chi connectivity index (χ3n) is 15.4. The SMILES string of the molecule is C/C=C/CBr.C=C[C@H](C)[C@H](O)[C@H](Cc1cccnc1)N(Cc1ccccc1)Cc1ccccc1.C[C@@H](C(=O)O)[C@H](O)[C@H](Cc1cccnc1)N(Cc1ccccc1)Cc1ccccc1.O=C[C@H](Cc1cccnc1)N(Cc1ccccc1)Cc1ccccc1.